The fourth-order valence-electron chi connectivity index (χ4n) is 1.97. The van der Waals surface area contributed by atoms with Gasteiger partial charge in [0.15, 0.2) is 6.61 Å². The largest absolute Gasteiger partial charge is 0.483 e. The van der Waals surface area contributed by atoms with Gasteiger partial charge in [0.25, 0.3) is 11.8 Å². The minimum atomic E-state index is -4.54. The van der Waals surface area contributed by atoms with E-state index in [0.717, 1.165) is 23.1 Å². The van der Waals surface area contributed by atoms with Crippen LogP contribution in [0.15, 0.2) is 22.7 Å². The zero-order valence-corrected chi connectivity index (χ0v) is 12.7. The molecule has 0 bridgehead atoms. The molecule has 1 amide bonds. The summed E-state index contributed by atoms with van der Waals surface area (Å²) in [6, 6.07) is 2.75. The molecule has 1 aliphatic heterocycles. The number of hydrogen-bond acceptors (Lipinski definition) is 2. The second kappa shape index (κ2) is 6.02. The molecule has 1 saturated heterocycles. The summed E-state index contributed by atoms with van der Waals surface area (Å²) in [6.45, 7) is -1.39. The molecule has 2 rings (SSSR count). The summed E-state index contributed by atoms with van der Waals surface area (Å²) in [5.41, 5.74) is -0.925. The lowest BCUT2D eigenvalue weighted by molar-refractivity contribution is -0.137. The summed E-state index contributed by atoms with van der Waals surface area (Å²) in [5, 5.41) is 0. The first-order valence-corrected chi connectivity index (χ1v) is 7.03. The first-order chi connectivity index (χ1) is 10.1. The third-order valence-electron chi connectivity index (χ3n) is 3.13. The molecule has 0 aromatic heterocycles. The van der Waals surface area contributed by atoms with E-state index >= 15 is 0 Å². The van der Waals surface area contributed by atoms with E-state index in [4.69, 9.17) is 4.74 Å². The molecule has 0 saturated carbocycles. The van der Waals surface area contributed by atoms with E-state index in [2.05, 4.69) is 15.9 Å². The third kappa shape index (κ3) is 4.08. The predicted octanol–water partition coefficient (Wildman–Crippen LogP) is 3.71. The van der Waals surface area contributed by atoms with Gasteiger partial charge in [0.1, 0.15) is 5.75 Å². The highest BCUT2D eigenvalue weighted by atomic mass is 79.9. The summed E-state index contributed by atoms with van der Waals surface area (Å²) in [6.07, 6.45) is -4.97. The van der Waals surface area contributed by atoms with Crippen LogP contribution in [0.4, 0.5) is 22.0 Å². The van der Waals surface area contributed by atoms with Gasteiger partial charge in [-0.25, -0.2) is 8.78 Å². The smallest absolute Gasteiger partial charge is 0.416 e. The van der Waals surface area contributed by atoms with Crippen LogP contribution in [-0.2, 0) is 11.0 Å². The Balaban J connectivity index is 2.01. The maximum Gasteiger partial charge on any atom is 0.416 e. The Morgan fingerprint density at radius 2 is 2.05 bits per heavy atom. The monoisotopic (exact) mass is 387 g/mol. The molecule has 1 heterocycles. The number of amides is 1. The van der Waals surface area contributed by atoms with Gasteiger partial charge in [-0.3, -0.25) is 4.79 Å². The van der Waals surface area contributed by atoms with Crippen molar-refractivity contribution in [1.82, 2.24) is 4.90 Å². The lowest BCUT2D eigenvalue weighted by atomic mass is 10.2. The Kier molecular flexibility index (Phi) is 4.65. The van der Waals surface area contributed by atoms with Gasteiger partial charge < -0.3 is 9.64 Å². The summed E-state index contributed by atoms with van der Waals surface area (Å²) in [5.74, 6) is -3.79. The van der Waals surface area contributed by atoms with Crippen LogP contribution in [0.25, 0.3) is 0 Å². The summed E-state index contributed by atoms with van der Waals surface area (Å²) >= 11 is 3.01. The van der Waals surface area contributed by atoms with Crippen molar-refractivity contribution in [2.45, 2.75) is 18.5 Å². The molecule has 0 unspecified atom stereocenters. The predicted molar refractivity (Wildman–Crippen MR) is 70.8 cm³/mol. The van der Waals surface area contributed by atoms with E-state index in [1.54, 1.807) is 0 Å². The molecule has 1 aromatic carbocycles. The molecule has 22 heavy (non-hydrogen) atoms. The standard InChI is InChI=1S/C13H11BrF5NO2/c14-9-2-1-8(13(17,18)19)5-10(9)22-6-11(21)20-4-3-12(15,16)7-20/h1-2,5H,3-4,6-7H2. The number of carbonyl (C=O) groups excluding carboxylic acids is 1. The SMILES string of the molecule is O=C(COc1cc(C(F)(F)F)ccc1Br)N1CCC(F)(F)C1. The van der Waals surface area contributed by atoms with Crippen molar-refractivity contribution in [3.8, 4) is 5.75 Å². The molecule has 9 heteroatoms. The summed E-state index contributed by atoms with van der Waals surface area (Å²) in [4.78, 5) is 12.7. The molecule has 0 atom stereocenters. The molecule has 0 spiro atoms. The molecule has 3 nitrogen and oxygen atoms in total. The van der Waals surface area contributed by atoms with Crippen molar-refractivity contribution in [3.05, 3.63) is 28.2 Å². The number of ether oxygens (including phenoxy) is 1. The van der Waals surface area contributed by atoms with Gasteiger partial charge in [-0.1, -0.05) is 0 Å². The Morgan fingerprint density at radius 1 is 1.36 bits per heavy atom. The van der Waals surface area contributed by atoms with Gasteiger partial charge in [-0.05, 0) is 34.1 Å². The Bertz CT molecular complexity index is 576. The number of nitrogens with zero attached hydrogens (tertiary/aromatic N) is 1. The molecule has 1 aromatic rings. The second-order valence-electron chi connectivity index (χ2n) is 4.85. The van der Waals surface area contributed by atoms with Gasteiger partial charge in [0.2, 0.25) is 0 Å². The average molecular weight is 388 g/mol. The van der Waals surface area contributed by atoms with E-state index < -0.39 is 43.1 Å². The molecule has 1 aliphatic rings. The van der Waals surface area contributed by atoms with Crippen LogP contribution >= 0.6 is 15.9 Å². The van der Waals surface area contributed by atoms with E-state index in [0.29, 0.717) is 0 Å². The van der Waals surface area contributed by atoms with Crippen molar-refractivity contribution in [2.75, 3.05) is 19.7 Å². The number of benzene rings is 1. The minimum Gasteiger partial charge on any atom is -0.483 e. The number of rotatable bonds is 3. The van der Waals surface area contributed by atoms with Gasteiger partial charge in [0.05, 0.1) is 16.6 Å². The van der Waals surface area contributed by atoms with Crippen molar-refractivity contribution in [1.29, 1.82) is 0 Å². The highest BCUT2D eigenvalue weighted by Gasteiger charge is 2.40. The Hall–Kier alpha value is -1.38. The fraction of sp³-hybridized carbons (Fsp3) is 0.462. The number of likely N-dealkylation sites (tertiary alicyclic amines) is 1. The maximum atomic E-state index is 13.0. The van der Waals surface area contributed by atoms with Gasteiger partial charge in [0, 0.05) is 13.0 Å². The highest BCUT2D eigenvalue weighted by molar-refractivity contribution is 9.10. The lowest BCUT2D eigenvalue weighted by Gasteiger charge is -2.17. The van der Waals surface area contributed by atoms with Crippen LogP contribution in [0.1, 0.15) is 12.0 Å². The van der Waals surface area contributed by atoms with E-state index in [9.17, 15) is 26.7 Å². The average Bonchev–Trinajstić information content (AvgIpc) is 2.76. The molecule has 122 valence electrons. The molecular weight excluding hydrogens is 377 g/mol. The normalized spacial score (nSPS) is 17.6. The zero-order valence-electron chi connectivity index (χ0n) is 11.1. The maximum absolute atomic E-state index is 13.0. The van der Waals surface area contributed by atoms with Crippen LogP contribution in [0.5, 0.6) is 5.75 Å². The van der Waals surface area contributed by atoms with Crippen molar-refractivity contribution < 1.29 is 31.5 Å². The van der Waals surface area contributed by atoms with E-state index in [1.807, 2.05) is 0 Å². The van der Waals surface area contributed by atoms with E-state index in [-0.39, 0.29) is 16.8 Å². The molecule has 1 fully saturated rings. The van der Waals surface area contributed by atoms with E-state index in [1.165, 1.54) is 0 Å². The quantitative estimate of drug-likeness (QED) is 0.739. The lowest BCUT2D eigenvalue weighted by Crippen LogP contribution is -2.35. The molecule has 0 radical (unpaired) electrons. The van der Waals surface area contributed by atoms with Gasteiger partial charge >= 0.3 is 6.18 Å². The van der Waals surface area contributed by atoms with Crippen molar-refractivity contribution in [2.24, 2.45) is 0 Å². The molecule has 0 N–H and O–H groups in total. The fourth-order valence-corrected chi connectivity index (χ4v) is 2.33. The van der Waals surface area contributed by atoms with Gasteiger partial charge in [-0.15, -0.1) is 0 Å². The minimum absolute atomic E-state index is 0.0983. The number of hydrogen-bond donors (Lipinski definition) is 0. The van der Waals surface area contributed by atoms with Crippen LogP contribution in [-0.4, -0.2) is 36.4 Å². The van der Waals surface area contributed by atoms with Crippen molar-refractivity contribution >= 4 is 21.8 Å². The van der Waals surface area contributed by atoms with Gasteiger partial charge in [-0.2, -0.15) is 13.2 Å². The summed E-state index contributed by atoms with van der Waals surface area (Å²) in [7, 11) is 0. The summed E-state index contributed by atoms with van der Waals surface area (Å²) < 4.78 is 69.1. The first kappa shape index (κ1) is 17.0. The number of halogens is 6. The topological polar surface area (TPSA) is 29.5 Å². The zero-order chi connectivity index (χ0) is 16.5. The third-order valence-corrected chi connectivity index (χ3v) is 3.79. The molecule has 0 aliphatic carbocycles. The number of carbonyl (C=O) groups is 1. The Labute approximate surface area is 131 Å². The highest BCUT2D eigenvalue weighted by Crippen LogP contribution is 2.35. The van der Waals surface area contributed by atoms with Crippen LogP contribution in [0.3, 0.4) is 0 Å². The Morgan fingerprint density at radius 3 is 2.59 bits per heavy atom. The second-order valence-corrected chi connectivity index (χ2v) is 5.71. The molecular formula is C13H11BrF5NO2. The van der Waals surface area contributed by atoms with Crippen LogP contribution < -0.4 is 4.74 Å². The van der Waals surface area contributed by atoms with Crippen molar-refractivity contribution in [3.63, 3.8) is 0 Å². The first-order valence-electron chi connectivity index (χ1n) is 6.24. The van der Waals surface area contributed by atoms with Crippen LogP contribution in [0.2, 0.25) is 0 Å². The van der Waals surface area contributed by atoms with Crippen LogP contribution in [0, 0.1) is 0 Å². The number of alkyl halides is 5.